The molecule has 30 heavy (non-hydrogen) atoms. The van der Waals surface area contributed by atoms with Crippen molar-refractivity contribution in [3.63, 3.8) is 0 Å². The summed E-state index contributed by atoms with van der Waals surface area (Å²) in [6.45, 7) is 5.29. The third-order valence-electron chi connectivity index (χ3n) is 5.10. The summed E-state index contributed by atoms with van der Waals surface area (Å²) in [5, 5.41) is 7.16. The van der Waals surface area contributed by atoms with E-state index in [1.54, 1.807) is 45.0 Å². The van der Waals surface area contributed by atoms with Gasteiger partial charge in [-0.1, -0.05) is 11.6 Å². The molecule has 1 fully saturated rings. The van der Waals surface area contributed by atoms with Gasteiger partial charge in [-0.05, 0) is 64.3 Å². The molecule has 162 valence electrons. The minimum absolute atomic E-state index is 0.305. The van der Waals surface area contributed by atoms with Crippen molar-refractivity contribution in [2.75, 3.05) is 0 Å². The summed E-state index contributed by atoms with van der Waals surface area (Å²) in [6, 6.07) is 6.20. The molecule has 0 spiro atoms. The Morgan fingerprint density at radius 3 is 2.53 bits per heavy atom. The zero-order valence-electron chi connectivity index (χ0n) is 17.3. The number of alkyl carbamates (subject to hydrolysis) is 1. The van der Waals surface area contributed by atoms with Crippen LogP contribution in [-0.2, 0) is 9.53 Å². The highest BCUT2D eigenvalue weighted by Gasteiger charge is 2.36. The maximum atomic E-state index is 12.8. The lowest BCUT2D eigenvalue weighted by atomic mass is 9.82. The Labute approximate surface area is 179 Å². The van der Waals surface area contributed by atoms with Crippen LogP contribution in [0.15, 0.2) is 24.3 Å². The molecule has 3 rings (SSSR count). The second kappa shape index (κ2) is 8.55. The summed E-state index contributed by atoms with van der Waals surface area (Å²) >= 11 is 6.01. The summed E-state index contributed by atoms with van der Waals surface area (Å²) in [6.07, 6.45) is 0.778. The molecule has 0 saturated heterocycles. The number of aromatic amines is 1. The number of benzene rings is 1. The number of primary amides is 1. The predicted molar refractivity (Wildman–Crippen MR) is 114 cm³/mol. The Hall–Kier alpha value is -2.74. The number of nitrogens with one attached hydrogen (secondary N) is 3. The molecule has 3 amide bonds. The smallest absolute Gasteiger partial charge is 0.407 e. The third kappa shape index (κ3) is 5.44. The van der Waals surface area contributed by atoms with Crippen LogP contribution in [0, 0.1) is 5.92 Å². The van der Waals surface area contributed by atoms with Crippen LogP contribution in [0.5, 0.6) is 0 Å². The Balaban J connectivity index is 1.73. The van der Waals surface area contributed by atoms with E-state index >= 15 is 0 Å². The van der Waals surface area contributed by atoms with Gasteiger partial charge >= 0.3 is 6.09 Å². The average Bonchev–Trinajstić information content (AvgIpc) is 3.04. The quantitative estimate of drug-likeness (QED) is 0.589. The van der Waals surface area contributed by atoms with Crippen molar-refractivity contribution in [3.05, 3.63) is 35.0 Å². The molecule has 0 radical (unpaired) electrons. The standard InChI is InChI=1S/C21H27ClN4O4/c1-21(2,3)30-20(29)26-16-9-11(18(23)27)4-6-15(16)25-19(28)17-10-12-8-13(22)5-7-14(12)24-17/h5,7-8,10-11,15-16,24H,4,6,9H2,1-3H3,(H2,23,27)(H,25,28)(H,26,29)/t11-,15-,16+/m0/s1. The van der Waals surface area contributed by atoms with E-state index in [0.717, 1.165) is 10.9 Å². The highest BCUT2D eigenvalue weighted by atomic mass is 35.5. The number of halogens is 1. The van der Waals surface area contributed by atoms with Crippen LogP contribution >= 0.6 is 11.6 Å². The Morgan fingerprint density at radius 2 is 1.87 bits per heavy atom. The fraction of sp³-hybridized carbons (Fsp3) is 0.476. The molecule has 2 aromatic rings. The average molecular weight is 435 g/mol. The molecule has 1 aliphatic rings. The third-order valence-corrected chi connectivity index (χ3v) is 5.33. The highest BCUT2D eigenvalue weighted by Crippen LogP contribution is 2.26. The highest BCUT2D eigenvalue weighted by molar-refractivity contribution is 6.31. The minimum Gasteiger partial charge on any atom is -0.444 e. The number of H-pyrrole nitrogens is 1. The lowest BCUT2D eigenvalue weighted by Crippen LogP contribution is -2.56. The second-order valence-electron chi connectivity index (χ2n) is 8.66. The maximum Gasteiger partial charge on any atom is 0.407 e. The van der Waals surface area contributed by atoms with Crippen LogP contribution in [-0.4, -0.2) is 40.6 Å². The number of aromatic nitrogens is 1. The van der Waals surface area contributed by atoms with Crippen molar-refractivity contribution in [2.24, 2.45) is 11.7 Å². The van der Waals surface area contributed by atoms with Gasteiger partial charge in [-0.25, -0.2) is 4.79 Å². The number of rotatable bonds is 4. The second-order valence-corrected chi connectivity index (χ2v) is 9.10. The number of hydrogen-bond donors (Lipinski definition) is 4. The van der Waals surface area contributed by atoms with Crippen LogP contribution in [0.3, 0.4) is 0 Å². The van der Waals surface area contributed by atoms with E-state index in [0.29, 0.717) is 30.0 Å². The molecule has 1 heterocycles. The zero-order chi connectivity index (χ0) is 22.1. The van der Waals surface area contributed by atoms with Crippen molar-refractivity contribution in [1.82, 2.24) is 15.6 Å². The molecule has 1 aliphatic carbocycles. The summed E-state index contributed by atoms with van der Waals surface area (Å²) in [5.41, 5.74) is 5.99. The topological polar surface area (TPSA) is 126 Å². The van der Waals surface area contributed by atoms with E-state index in [9.17, 15) is 14.4 Å². The van der Waals surface area contributed by atoms with Gasteiger partial charge in [0.05, 0.1) is 6.04 Å². The first-order valence-electron chi connectivity index (χ1n) is 9.90. The van der Waals surface area contributed by atoms with Gasteiger partial charge in [0.25, 0.3) is 5.91 Å². The first-order chi connectivity index (χ1) is 14.0. The Kier molecular flexibility index (Phi) is 6.26. The normalized spacial score (nSPS) is 21.8. The van der Waals surface area contributed by atoms with E-state index in [4.69, 9.17) is 22.1 Å². The summed E-state index contributed by atoms with van der Waals surface area (Å²) in [7, 11) is 0. The van der Waals surface area contributed by atoms with Crippen LogP contribution in [0.4, 0.5) is 4.79 Å². The minimum atomic E-state index is -0.661. The molecule has 1 aromatic heterocycles. The Morgan fingerprint density at radius 1 is 1.13 bits per heavy atom. The van der Waals surface area contributed by atoms with Gasteiger partial charge in [0, 0.05) is 27.9 Å². The van der Waals surface area contributed by atoms with Crippen molar-refractivity contribution < 1.29 is 19.1 Å². The summed E-state index contributed by atoms with van der Waals surface area (Å²) in [4.78, 5) is 39.8. The van der Waals surface area contributed by atoms with Crippen molar-refractivity contribution in [1.29, 1.82) is 0 Å². The van der Waals surface area contributed by atoms with Gasteiger partial charge in [0.1, 0.15) is 11.3 Å². The number of hydrogen-bond acceptors (Lipinski definition) is 4. The van der Waals surface area contributed by atoms with Gasteiger partial charge < -0.3 is 26.1 Å². The molecule has 5 N–H and O–H groups in total. The number of nitrogens with two attached hydrogens (primary N) is 1. The molecule has 1 saturated carbocycles. The molecule has 0 unspecified atom stereocenters. The molecular weight excluding hydrogens is 408 g/mol. The fourth-order valence-electron chi connectivity index (χ4n) is 3.69. The van der Waals surface area contributed by atoms with E-state index < -0.39 is 23.6 Å². The van der Waals surface area contributed by atoms with Crippen LogP contribution in [0.1, 0.15) is 50.5 Å². The molecule has 3 atom stereocenters. The molecule has 0 bridgehead atoms. The number of amides is 3. The Bertz CT molecular complexity index is 966. The van der Waals surface area contributed by atoms with Gasteiger partial charge in [0.2, 0.25) is 5.91 Å². The van der Waals surface area contributed by atoms with E-state index in [1.807, 2.05) is 0 Å². The molecule has 9 heteroatoms. The SMILES string of the molecule is CC(C)(C)OC(=O)N[C@@H]1C[C@@H](C(N)=O)CC[C@@H]1NC(=O)c1cc2cc(Cl)ccc2[nH]1. The van der Waals surface area contributed by atoms with Crippen molar-refractivity contribution >= 4 is 40.4 Å². The first-order valence-corrected chi connectivity index (χ1v) is 10.3. The lowest BCUT2D eigenvalue weighted by molar-refractivity contribution is -0.123. The van der Waals surface area contributed by atoms with Gasteiger partial charge in [-0.15, -0.1) is 0 Å². The van der Waals surface area contributed by atoms with Gasteiger partial charge in [-0.3, -0.25) is 9.59 Å². The molecular formula is C21H27ClN4O4. The zero-order valence-corrected chi connectivity index (χ0v) is 18.0. The number of carbonyl (C=O) groups excluding carboxylic acids is 3. The van der Waals surface area contributed by atoms with Crippen molar-refractivity contribution in [3.8, 4) is 0 Å². The van der Waals surface area contributed by atoms with E-state index in [-0.39, 0.29) is 17.9 Å². The number of carbonyl (C=O) groups is 3. The van der Waals surface area contributed by atoms with Gasteiger partial charge in [0.15, 0.2) is 0 Å². The number of fused-ring (bicyclic) bond motifs is 1. The van der Waals surface area contributed by atoms with Crippen LogP contribution in [0.25, 0.3) is 10.9 Å². The lowest BCUT2D eigenvalue weighted by Gasteiger charge is -2.36. The maximum absolute atomic E-state index is 12.8. The fourth-order valence-corrected chi connectivity index (χ4v) is 3.87. The van der Waals surface area contributed by atoms with Gasteiger partial charge in [-0.2, -0.15) is 0 Å². The van der Waals surface area contributed by atoms with Crippen LogP contribution in [0.2, 0.25) is 5.02 Å². The molecule has 1 aromatic carbocycles. The summed E-state index contributed by atoms with van der Waals surface area (Å²) in [5.74, 6) is -1.09. The summed E-state index contributed by atoms with van der Waals surface area (Å²) < 4.78 is 5.33. The monoisotopic (exact) mass is 434 g/mol. The number of ether oxygens (including phenoxy) is 1. The van der Waals surface area contributed by atoms with Crippen LogP contribution < -0.4 is 16.4 Å². The molecule has 0 aliphatic heterocycles. The van der Waals surface area contributed by atoms with E-state index in [1.165, 1.54) is 0 Å². The first kappa shape index (κ1) is 22.0. The largest absolute Gasteiger partial charge is 0.444 e. The van der Waals surface area contributed by atoms with E-state index in [2.05, 4.69) is 15.6 Å². The predicted octanol–water partition coefficient (Wildman–Crippen LogP) is 3.10. The molecule has 8 nitrogen and oxygen atoms in total. The van der Waals surface area contributed by atoms with Crippen molar-refractivity contribution in [2.45, 2.75) is 57.7 Å².